The predicted molar refractivity (Wildman–Crippen MR) is 188 cm³/mol. The van der Waals surface area contributed by atoms with Crippen molar-refractivity contribution in [2.45, 2.75) is 0 Å². The van der Waals surface area contributed by atoms with Gasteiger partial charge in [0, 0.05) is 27.8 Å². The van der Waals surface area contributed by atoms with Crippen molar-refractivity contribution in [1.29, 1.82) is 0 Å². The molecule has 0 N–H and O–H groups in total. The molecule has 0 aliphatic heterocycles. The van der Waals surface area contributed by atoms with E-state index in [0.717, 1.165) is 50.6 Å². The van der Waals surface area contributed by atoms with Crippen LogP contribution in [0.2, 0.25) is 0 Å². The van der Waals surface area contributed by atoms with Gasteiger partial charge in [0.05, 0.1) is 22.8 Å². The Morgan fingerprint density at radius 1 is 0.326 bits per heavy atom. The average molecular weight is 589 g/mol. The molecule has 0 spiro atoms. The molecule has 0 aliphatic rings. The highest BCUT2D eigenvalue weighted by Crippen LogP contribution is 2.33. The number of fused-ring (bicyclic) bond motifs is 1. The molecule has 2 heterocycles. The van der Waals surface area contributed by atoms with Crippen LogP contribution >= 0.6 is 0 Å². The molecule has 8 rings (SSSR count). The fourth-order valence-electron chi connectivity index (χ4n) is 5.87. The third-order valence-electron chi connectivity index (χ3n) is 8.23. The third kappa shape index (κ3) is 5.44. The van der Waals surface area contributed by atoms with Crippen molar-refractivity contribution in [2.24, 2.45) is 0 Å². The van der Waals surface area contributed by atoms with Crippen molar-refractivity contribution in [3.63, 3.8) is 0 Å². The lowest BCUT2D eigenvalue weighted by molar-refractivity contribution is 1.17. The lowest BCUT2D eigenvalue weighted by Gasteiger charge is -2.11. The third-order valence-corrected chi connectivity index (χ3v) is 8.23. The number of rotatable bonds is 6. The second-order valence-corrected chi connectivity index (χ2v) is 11.2. The normalized spacial score (nSPS) is 11.0. The Bertz CT molecular complexity index is 2290. The van der Waals surface area contributed by atoms with Crippen molar-refractivity contribution >= 4 is 10.8 Å². The summed E-state index contributed by atoms with van der Waals surface area (Å²) < 4.78 is 0. The van der Waals surface area contributed by atoms with Gasteiger partial charge in [-0.3, -0.25) is 0 Å². The summed E-state index contributed by atoms with van der Waals surface area (Å²) >= 11 is 0. The Labute approximate surface area is 267 Å². The number of hydrogen-bond acceptors (Lipinski definition) is 4. The van der Waals surface area contributed by atoms with Gasteiger partial charge in [-0.05, 0) is 40.1 Å². The van der Waals surface area contributed by atoms with Gasteiger partial charge in [0.2, 0.25) is 0 Å². The maximum Gasteiger partial charge on any atom is 0.160 e. The molecule has 2 aromatic heterocycles. The highest BCUT2D eigenvalue weighted by Gasteiger charge is 2.13. The van der Waals surface area contributed by atoms with E-state index >= 15 is 0 Å². The number of aromatic nitrogens is 4. The lowest BCUT2D eigenvalue weighted by atomic mass is 9.99. The molecule has 0 saturated carbocycles. The van der Waals surface area contributed by atoms with Gasteiger partial charge in [-0.1, -0.05) is 146 Å². The van der Waals surface area contributed by atoms with Crippen molar-refractivity contribution in [1.82, 2.24) is 19.9 Å². The Morgan fingerprint density at radius 2 is 0.848 bits per heavy atom. The van der Waals surface area contributed by atoms with E-state index in [9.17, 15) is 0 Å². The topological polar surface area (TPSA) is 51.6 Å². The fourth-order valence-corrected chi connectivity index (χ4v) is 5.87. The van der Waals surface area contributed by atoms with Crippen molar-refractivity contribution in [3.8, 4) is 67.5 Å². The summed E-state index contributed by atoms with van der Waals surface area (Å²) in [7, 11) is 0. The van der Waals surface area contributed by atoms with Crippen LogP contribution in [0.5, 0.6) is 0 Å². The first-order chi connectivity index (χ1) is 22.8. The van der Waals surface area contributed by atoms with Crippen LogP contribution < -0.4 is 0 Å². The van der Waals surface area contributed by atoms with Crippen LogP contribution in [0, 0.1) is 0 Å². The quantitative estimate of drug-likeness (QED) is 0.194. The Morgan fingerprint density at radius 3 is 1.63 bits per heavy atom. The Kier molecular flexibility index (Phi) is 7.14. The van der Waals surface area contributed by atoms with Crippen molar-refractivity contribution in [2.75, 3.05) is 0 Å². The summed E-state index contributed by atoms with van der Waals surface area (Å²) in [5.41, 5.74) is 10.9. The standard InChI is InChI=1S/C42H28N4/c1-3-11-29(12-4-1)30-21-23-32(24-22-30)39-27-40(46-42(45-39)33-14-5-2-6-15-33)35-18-9-17-34(25-35)38-26-41(44-28-43-38)37-20-10-16-31-13-7-8-19-36(31)37/h1-28H. The van der Waals surface area contributed by atoms with Gasteiger partial charge in [0.1, 0.15) is 6.33 Å². The van der Waals surface area contributed by atoms with Crippen LogP contribution in [0.15, 0.2) is 170 Å². The van der Waals surface area contributed by atoms with Crippen molar-refractivity contribution in [3.05, 3.63) is 170 Å². The van der Waals surface area contributed by atoms with E-state index in [1.54, 1.807) is 6.33 Å². The molecule has 216 valence electrons. The maximum absolute atomic E-state index is 5.05. The van der Waals surface area contributed by atoms with E-state index in [2.05, 4.69) is 137 Å². The molecule has 0 bridgehead atoms. The van der Waals surface area contributed by atoms with Crippen molar-refractivity contribution < 1.29 is 0 Å². The van der Waals surface area contributed by atoms with E-state index < -0.39 is 0 Å². The Balaban J connectivity index is 1.20. The first kappa shape index (κ1) is 27.3. The zero-order chi connectivity index (χ0) is 30.7. The van der Waals surface area contributed by atoms with Crippen LogP contribution in [0.1, 0.15) is 0 Å². The summed E-state index contributed by atoms with van der Waals surface area (Å²) in [5.74, 6) is 0.686. The molecule has 0 fully saturated rings. The molecule has 6 aromatic carbocycles. The molecular formula is C42H28N4. The van der Waals surface area contributed by atoms with Crippen LogP contribution in [-0.2, 0) is 0 Å². The van der Waals surface area contributed by atoms with Gasteiger partial charge in [-0.15, -0.1) is 0 Å². The molecule has 8 aromatic rings. The fraction of sp³-hybridized carbons (Fsp3) is 0. The molecule has 0 radical (unpaired) electrons. The average Bonchev–Trinajstić information content (AvgIpc) is 3.15. The van der Waals surface area contributed by atoms with Crippen LogP contribution in [-0.4, -0.2) is 19.9 Å². The zero-order valence-electron chi connectivity index (χ0n) is 25.0. The smallest absolute Gasteiger partial charge is 0.160 e. The second kappa shape index (κ2) is 12.0. The number of nitrogens with zero attached hydrogens (tertiary/aromatic N) is 4. The predicted octanol–water partition coefficient (Wildman–Crippen LogP) is 10.4. The van der Waals surface area contributed by atoms with E-state index in [4.69, 9.17) is 9.97 Å². The van der Waals surface area contributed by atoms with Gasteiger partial charge in [-0.25, -0.2) is 19.9 Å². The van der Waals surface area contributed by atoms with E-state index in [1.165, 1.54) is 21.9 Å². The van der Waals surface area contributed by atoms with Crippen LogP contribution in [0.4, 0.5) is 0 Å². The van der Waals surface area contributed by atoms with E-state index in [-0.39, 0.29) is 0 Å². The minimum Gasteiger partial charge on any atom is -0.236 e. The molecule has 0 atom stereocenters. The summed E-state index contributed by atoms with van der Waals surface area (Å²) in [6, 6.07) is 56.4. The Hall–Kier alpha value is -6.26. The first-order valence-electron chi connectivity index (χ1n) is 15.3. The number of benzene rings is 6. The van der Waals surface area contributed by atoms with Crippen LogP contribution in [0.3, 0.4) is 0 Å². The van der Waals surface area contributed by atoms with Gasteiger partial charge in [0.15, 0.2) is 5.82 Å². The molecule has 46 heavy (non-hydrogen) atoms. The minimum absolute atomic E-state index is 0.686. The number of hydrogen-bond donors (Lipinski definition) is 0. The second-order valence-electron chi connectivity index (χ2n) is 11.2. The minimum atomic E-state index is 0.686. The zero-order valence-corrected chi connectivity index (χ0v) is 25.0. The van der Waals surface area contributed by atoms with E-state index in [0.29, 0.717) is 5.82 Å². The van der Waals surface area contributed by atoms with Crippen LogP contribution in [0.25, 0.3) is 78.3 Å². The molecular weight excluding hydrogens is 560 g/mol. The SMILES string of the molecule is c1ccc(-c2ccc(-c3cc(-c4cccc(-c5cc(-c6cccc7ccccc67)ncn5)c4)nc(-c4ccccc4)n3)cc2)cc1. The maximum atomic E-state index is 5.05. The summed E-state index contributed by atoms with van der Waals surface area (Å²) in [6.45, 7) is 0. The molecule has 0 aliphatic carbocycles. The van der Waals surface area contributed by atoms with E-state index in [1.807, 2.05) is 36.4 Å². The summed E-state index contributed by atoms with van der Waals surface area (Å²) in [4.78, 5) is 19.4. The van der Waals surface area contributed by atoms with Gasteiger partial charge in [-0.2, -0.15) is 0 Å². The van der Waals surface area contributed by atoms with Gasteiger partial charge in [0.25, 0.3) is 0 Å². The van der Waals surface area contributed by atoms with Gasteiger partial charge < -0.3 is 0 Å². The molecule has 0 amide bonds. The molecule has 4 heteroatoms. The van der Waals surface area contributed by atoms with Gasteiger partial charge >= 0.3 is 0 Å². The highest BCUT2D eigenvalue weighted by atomic mass is 14.9. The monoisotopic (exact) mass is 588 g/mol. The largest absolute Gasteiger partial charge is 0.236 e. The molecule has 0 saturated heterocycles. The molecule has 0 unspecified atom stereocenters. The first-order valence-corrected chi connectivity index (χ1v) is 15.3. The summed E-state index contributed by atoms with van der Waals surface area (Å²) in [5, 5.41) is 2.35. The lowest BCUT2D eigenvalue weighted by Crippen LogP contribution is -1.96. The highest BCUT2D eigenvalue weighted by molar-refractivity contribution is 5.96. The molecule has 4 nitrogen and oxygen atoms in total. The summed E-state index contributed by atoms with van der Waals surface area (Å²) in [6.07, 6.45) is 1.65.